The normalized spacial score (nSPS) is 19.5. The average Bonchev–Trinajstić information content (AvgIpc) is 2.40. The molecule has 0 amide bonds. The molecule has 0 aromatic heterocycles. The molecule has 98 valence electrons. The number of aryl methyl sites for hydroxylation is 1. The van der Waals surface area contributed by atoms with E-state index in [1.165, 1.54) is 0 Å². The van der Waals surface area contributed by atoms with Gasteiger partial charge in [-0.3, -0.25) is 0 Å². The van der Waals surface area contributed by atoms with Crippen LogP contribution in [0.1, 0.15) is 24.8 Å². The maximum atomic E-state index is 10.3. The fraction of sp³-hybridized carbons (Fsp3) is 0.500. The van der Waals surface area contributed by atoms with Crippen LogP contribution in [0.25, 0.3) is 0 Å². The van der Waals surface area contributed by atoms with Gasteiger partial charge in [-0.2, -0.15) is 0 Å². The summed E-state index contributed by atoms with van der Waals surface area (Å²) in [5.74, 6) is 0.696. The van der Waals surface area contributed by atoms with E-state index in [1.54, 1.807) is 0 Å². The number of rotatable bonds is 5. The Bertz CT molecular complexity index is 400. The molecule has 0 aliphatic carbocycles. The van der Waals surface area contributed by atoms with Gasteiger partial charge in [-0.15, -0.1) is 0 Å². The van der Waals surface area contributed by atoms with Crippen molar-refractivity contribution < 1.29 is 14.3 Å². The van der Waals surface area contributed by atoms with Gasteiger partial charge >= 0.3 is 0 Å². The van der Waals surface area contributed by atoms with E-state index in [-0.39, 0.29) is 6.10 Å². The molecular formula is C14H17ClO3. The molecule has 0 radical (unpaired) electrons. The third-order valence-electron chi connectivity index (χ3n) is 2.96. The molecule has 2 rings (SSSR count). The van der Waals surface area contributed by atoms with Crippen LogP contribution in [-0.4, -0.2) is 25.6 Å². The summed E-state index contributed by atoms with van der Waals surface area (Å²) in [6.07, 6.45) is 4.28. The fourth-order valence-corrected chi connectivity index (χ4v) is 2.25. The molecule has 18 heavy (non-hydrogen) atoms. The number of halogens is 1. The Morgan fingerprint density at radius 2 is 2.39 bits per heavy atom. The van der Waals surface area contributed by atoms with Crippen molar-refractivity contribution in [2.45, 2.75) is 31.8 Å². The van der Waals surface area contributed by atoms with Crippen molar-refractivity contribution in [2.75, 3.05) is 13.2 Å². The van der Waals surface area contributed by atoms with Crippen LogP contribution in [0.5, 0.6) is 5.75 Å². The summed E-state index contributed by atoms with van der Waals surface area (Å²) in [4.78, 5) is 10.3. The lowest BCUT2D eigenvalue weighted by Gasteiger charge is -2.23. The summed E-state index contributed by atoms with van der Waals surface area (Å²) in [7, 11) is 0. The van der Waals surface area contributed by atoms with Crippen molar-refractivity contribution in [2.24, 2.45) is 0 Å². The van der Waals surface area contributed by atoms with Gasteiger partial charge in [0.25, 0.3) is 0 Å². The predicted molar refractivity (Wildman–Crippen MR) is 70.3 cm³/mol. The third kappa shape index (κ3) is 3.72. The van der Waals surface area contributed by atoms with Crippen molar-refractivity contribution in [3.63, 3.8) is 0 Å². The SMILES string of the molecule is O=CCCc1ccc(OC2CCCOC2)c(Cl)c1. The van der Waals surface area contributed by atoms with Gasteiger partial charge in [-0.25, -0.2) is 0 Å². The van der Waals surface area contributed by atoms with Crippen LogP contribution in [0, 0.1) is 0 Å². The minimum Gasteiger partial charge on any atom is -0.486 e. The highest BCUT2D eigenvalue weighted by molar-refractivity contribution is 6.32. The number of aldehydes is 1. The zero-order valence-corrected chi connectivity index (χ0v) is 11.0. The first-order chi connectivity index (χ1) is 8.79. The number of hydrogen-bond donors (Lipinski definition) is 0. The highest BCUT2D eigenvalue weighted by Gasteiger charge is 2.16. The Hall–Kier alpha value is -1.06. The lowest BCUT2D eigenvalue weighted by atomic mass is 10.1. The first-order valence-corrected chi connectivity index (χ1v) is 6.64. The molecule has 1 heterocycles. The second kappa shape index (κ2) is 6.76. The summed E-state index contributed by atoms with van der Waals surface area (Å²) in [6.45, 7) is 1.45. The first kappa shape index (κ1) is 13.4. The molecule has 1 fully saturated rings. The molecule has 0 spiro atoms. The lowest BCUT2D eigenvalue weighted by molar-refractivity contribution is -0.107. The molecule has 4 heteroatoms. The van der Waals surface area contributed by atoms with Gasteiger partial charge in [-0.05, 0) is 37.0 Å². The van der Waals surface area contributed by atoms with Crippen molar-refractivity contribution in [3.8, 4) is 5.75 Å². The van der Waals surface area contributed by atoms with Crippen LogP contribution in [0.3, 0.4) is 0 Å². The quantitative estimate of drug-likeness (QED) is 0.770. The maximum absolute atomic E-state index is 10.3. The van der Waals surface area contributed by atoms with Gasteiger partial charge in [-0.1, -0.05) is 17.7 Å². The largest absolute Gasteiger partial charge is 0.486 e. The topological polar surface area (TPSA) is 35.5 Å². The zero-order chi connectivity index (χ0) is 12.8. The minimum absolute atomic E-state index is 0.0945. The molecule has 1 aliphatic rings. The molecule has 1 unspecified atom stereocenters. The van der Waals surface area contributed by atoms with Crippen molar-refractivity contribution in [1.82, 2.24) is 0 Å². The van der Waals surface area contributed by atoms with Crippen LogP contribution in [-0.2, 0) is 16.0 Å². The maximum Gasteiger partial charge on any atom is 0.138 e. The summed E-state index contributed by atoms with van der Waals surface area (Å²) in [6, 6.07) is 5.69. The molecule has 1 saturated heterocycles. The second-order valence-electron chi connectivity index (χ2n) is 4.43. The molecule has 1 aliphatic heterocycles. The van der Waals surface area contributed by atoms with E-state index >= 15 is 0 Å². The number of benzene rings is 1. The summed E-state index contributed by atoms with van der Waals surface area (Å²) >= 11 is 6.17. The molecular weight excluding hydrogens is 252 g/mol. The Morgan fingerprint density at radius 3 is 3.06 bits per heavy atom. The summed E-state index contributed by atoms with van der Waals surface area (Å²) in [5, 5.41) is 0.601. The zero-order valence-electron chi connectivity index (χ0n) is 10.2. The van der Waals surface area contributed by atoms with Crippen molar-refractivity contribution in [3.05, 3.63) is 28.8 Å². The Balaban J connectivity index is 1.97. The smallest absolute Gasteiger partial charge is 0.138 e. The Kier molecular flexibility index (Phi) is 5.02. The second-order valence-corrected chi connectivity index (χ2v) is 4.83. The third-order valence-corrected chi connectivity index (χ3v) is 3.25. The predicted octanol–water partition coefficient (Wildman–Crippen LogP) is 3.03. The van der Waals surface area contributed by atoms with E-state index < -0.39 is 0 Å². The standard InChI is InChI=1S/C14H17ClO3/c15-13-9-11(3-1-7-16)5-6-14(13)18-12-4-2-8-17-10-12/h5-7,9,12H,1-4,8,10H2. The van der Waals surface area contributed by atoms with Gasteiger partial charge in [0.1, 0.15) is 18.1 Å². The van der Waals surface area contributed by atoms with Gasteiger partial charge in [0.2, 0.25) is 0 Å². The monoisotopic (exact) mass is 268 g/mol. The molecule has 0 bridgehead atoms. The van der Waals surface area contributed by atoms with Crippen LogP contribution in [0.15, 0.2) is 18.2 Å². The Morgan fingerprint density at radius 1 is 1.50 bits per heavy atom. The number of ether oxygens (including phenoxy) is 2. The van der Waals surface area contributed by atoms with Gasteiger partial charge in [0.15, 0.2) is 0 Å². The molecule has 1 aromatic rings. The molecule has 3 nitrogen and oxygen atoms in total. The van der Waals surface area contributed by atoms with E-state index in [0.717, 1.165) is 37.7 Å². The van der Waals surface area contributed by atoms with E-state index in [9.17, 15) is 4.79 Å². The van der Waals surface area contributed by atoms with Crippen LogP contribution in [0.2, 0.25) is 5.02 Å². The van der Waals surface area contributed by atoms with Crippen LogP contribution < -0.4 is 4.74 Å². The van der Waals surface area contributed by atoms with Crippen molar-refractivity contribution >= 4 is 17.9 Å². The first-order valence-electron chi connectivity index (χ1n) is 6.26. The van der Waals surface area contributed by atoms with E-state index in [2.05, 4.69) is 0 Å². The number of carbonyl (C=O) groups is 1. The van der Waals surface area contributed by atoms with E-state index in [0.29, 0.717) is 23.8 Å². The average molecular weight is 269 g/mol. The van der Waals surface area contributed by atoms with E-state index in [4.69, 9.17) is 21.1 Å². The lowest BCUT2D eigenvalue weighted by Crippen LogP contribution is -2.28. The van der Waals surface area contributed by atoms with Gasteiger partial charge < -0.3 is 14.3 Å². The highest BCUT2D eigenvalue weighted by Crippen LogP contribution is 2.28. The number of hydrogen-bond acceptors (Lipinski definition) is 3. The van der Waals surface area contributed by atoms with Crippen molar-refractivity contribution in [1.29, 1.82) is 0 Å². The molecule has 1 atom stereocenters. The number of carbonyl (C=O) groups excluding carboxylic acids is 1. The van der Waals surface area contributed by atoms with Gasteiger partial charge in [0.05, 0.1) is 11.6 Å². The Labute approximate surface area is 112 Å². The molecule has 1 aromatic carbocycles. The fourth-order valence-electron chi connectivity index (χ4n) is 2.00. The summed E-state index contributed by atoms with van der Waals surface area (Å²) in [5.41, 5.74) is 1.05. The molecule has 0 saturated carbocycles. The minimum atomic E-state index is 0.0945. The highest BCUT2D eigenvalue weighted by atomic mass is 35.5. The van der Waals surface area contributed by atoms with Gasteiger partial charge in [0, 0.05) is 13.0 Å². The summed E-state index contributed by atoms with van der Waals surface area (Å²) < 4.78 is 11.2. The van der Waals surface area contributed by atoms with E-state index in [1.807, 2.05) is 18.2 Å². The molecule has 0 N–H and O–H groups in total. The van der Waals surface area contributed by atoms with Crippen LogP contribution in [0.4, 0.5) is 0 Å². The van der Waals surface area contributed by atoms with Crippen LogP contribution >= 0.6 is 11.6 Å².